The summed E-state index contributed by atoms with van der Waals surface area (Å²) in [6.07, 6.45) is 0.764. The SMILES string of the molecule is CC(C)(O)c1cccc(CCON)c1. The average molecular weight is 195 g/mol. The molecule has 0 aliphatic carbocycles. The average Bonchev–Trinajstić information content (AvgIpc) is 2.14. The van der Waals surface area contributed by atoms with Crippen molar-refractivity contribution in [3.63, 3.8) is 0 Å². The van der Waals surface area contributed by atoms with E-state index in [-0.39, 0.29) is 0 Å². The van der Waals surface area contributed by atoms with Crippen LogP contribution in [-0.4, -0.2) is 11.7 Å². The zero-order valence-electron chi connectivity index (χ0n) is 8.66. The Hall–Kier alpha value is -0.900. The fourth-order valence-corrected chi connectivity index (χ4v) is 1.28. The molecule has 3 N–H and O–H groups in total. The van der Waals surface area contributed by atoms with E-state index in [9.17, 15) is 5.11 Å². The van der Waals surface area contributed by atoms with Gasteiger partial charge < -0.3 is 9.94 Å². The lowest BCUT2D eigenvalue weighted by Crippen LogP contribution is -2.15. The topological polar surface area (TPSA) is 55.5 Å². The largest absolute Gasteiger partial charge is 0.386 e. The minimum atomic E-state index is -0.792. The summed E-state index contributed by atoms with van der Waals surface area (Å²) in [7, 11) is 0. The van der Waals surface area contributed by atoms with Crippen LogP contribution in [0.3, 0.4) is 0 Å². The Morgan fingerprint density at radius 2 is 2.14 bits per heavy atom. The predicted octanol–water partition coefficient (Wildman–Crippen LogP) is 1.35. The quantitative estimate of drug-likeness (QED) is 0.713. The Balaban J connectivity index is 2.79. The molecule has 3 nitrogen and oxygen atoms in total. The third kappa shape index (κ3) is 3.10. The van der Waals surface area contributed by atoms with E-state index >= 15 is 0 Å². The molecular formula is C11H17NO2. The van der Waals surface area contributed by atoms with E-state index < -0.39 is 5.60 Å². The Kier molecular flexibility index (Phi) is 3.63. The van der Waals surface area contributed by atoms with Gasteiger partial charge >= 0.3 is 0 Å². The van der Waals surface area contributed by atoms with E-state index in [1.54, 1.807) is 13.8 Å². The third-order valence-corrected chi connectivity index (χ3v) is 2.14. The molecular weight excluding hydrogens is 178 g/mol. The highest BCUT2D eigenvalue weighted by Crippen LogP contribution is 2.20. The summed E-state index contributed by atoms with van der Waals surface area (Å²) in [5.41, 5.74) is 1.24. The van der Waals surface area contributed by atoms with Gasteiger partial charge in [0.05, 0.1) is 12.2 Å². The summed E-state index contributed by atoms with van der Waals surface area (Å²) in [6, 6.07) is 7.80. The monoisotopic (exact) mass is 195 g/mol. The molecule has 0 fully saturated rings. The lowest BCUT2D eigenvalue weighted by Gasteiger charge is -2.18. The Bertz CT molecular complexity index is 292. The van der Waals surface area contributed by atoms with Crippen LogP contribution in [0.2, 0.25) is 0 Å². The minimum Gasteiger partial charge on any atom is -0.386 e. The maximum absolute atomic E-state index is 9.78. The van der Waals surface area contributed by atoms with Gasteiger partial charge in [0.2, 0.25) is 0 Å². The van der Waals surface area contributed by atoms with Gasteiger partial charge in [-0.1, -0.05) is 24.3 Å². The fraction of sp³-hybridized carbons (Fsp3) is 0.455. The first kappa shape index (κ1) is 11.2. The Morgan fingerprint density at radius 1 is 1.43 bits per heavy atom. The summed E-state index contributed by atoms with van der Waals surface area (Å²) >= 11 is 0. The predicted molar refractivity (Wildman–Crippen MR) is 55.5 cm³/mol. The van der Waals surface area contributed by atoms with Gasteiger partial charge in [-0.25, -0.2) is 5.90 Å². The molecule has 1 rings (SSSR count). The molecule has 1 aromatic carbocycles. The molecule has 0 aromatic heterocycles. The van der Waals surface area contributed by atoms with Crippen LogP contribution in [-0.2, 0) is 16.9 Å². The van der Waals surface area contributed by atoms with E-state index in [4.69, 9.17) is 5.90 Å². The number of rotatable bonds is 4. The lowest BCUT2D eigenvalue weighted by atomic mass is 9.96. The summed E-state index contributed by atoms with van der Waals surface area (Å²) in [4.78, 5) is 4.51. The maximum atomic E-state index is 9.78. The number of benzene rings is 1. The van der Waals surface area contributed by atoms with E-state index in [2.05, 4.69) is 4.84 Å². The van der Waals surface area contributed by atoms with Crippen LogP contribution in [0.25, 0.3) is 0 Å². The van der Waals surface area contributed by atoms with Crippen molar-refractivity contribution >= 4 is 0 Å². The molecule has 14 heavy (non-hydrogen) atoms. The number of hydrogen-bond acceptors (Lipinski definition) is 3. The number of aliphatic hydroxyl groups is 1. The van der Waals surface area contributed by atoms with Crippen molar-refractivity contribution < 1.29 is 9.94 Å². The van der Waals surface area contributed by atoms with Gasteiger partial charge in [0.25, 0.3) is 0 Å². The van der Waals surface area contributed by atoms with Crippen LogP contribution in [0.5, 0.6) is 0 Å². The summed E-state index contributed by atoms with van der Waals surface area (Å²) in [5, 5.41) is 9.78. The molecule has 0 atom stereocenters. The molecule has 0 aliphatic rings. The second kappa shape index (κ2) is 4.55. The molecule has 0 spiro atoms. The van der Waals surface area contributed by atoms with Crippen LogP contribution >= 0.6 is 0 Å². The summed E-state index contributed by atoms with van der Waals surface area (Å²) in [6.45, 7) is 4.03. The highest BCUT2D eigenvalue weighted by atomic mass is 16.6. The zero-order valence-corrected chi connectivity index (χ0v) is 8.66. The number of hydrogen-bond donors (Lipinski definition) is 2. The van der Waals surface area contributed by atoms with Gasteiger partial charge in [-0.05, 0) is 31.4 Å². The van der Waals surface area contributed by atoms with Gasteiger partial charge in [-0.3, -0.25) is 0 Å². The molecule has 0 saturated heterocycles. The van der Waals surface area contributed by atoms with Gasteiger partial charge in [0.15, 0.2) is 0 Å². The standard InChI is InChI=1S/C11H17NO2/c1-11(2,13)10-5-3-4-9(8-10)6-7-14-12/h3-5,8,13H,6-7,12H2,1-2H3. The van der Waals surface area contributed by atoms with Crippen molar-refractivity contribution in [1.29, 1.82) is 0 Å². The maximum Gasteiger partial charge on any atom is 0.0840 e. The van der Waals surface area contributed by atoms with Gasteiger partial charge in [0.1, 0.15) is 0 Å². The van der Waals surface area contributed by atoms with E-state index in [1.165, 1.54) is 0 Å². The second-order valence-electron chi connectivity index (χ2n) is 3.88. The van der Waals surface area contributed by atoms with Crippen molar-refractivity contribution in [2.75, 3.05) is 6.61 Å². The molecule has 0 amide bonds. The number of nitrogens with two attached hydrogens (primary N) is 1. The van der Waals surface area contributed by atoms with Crippen LogP contribution in [0.4, 0.5) is 0 Å². The molecule has 78 valence electrons. The van der Waals surface area contributed by atoms with E-state index in [0.717, 1.165) is 17.5 Å². The van der Waals surface area contributed by atoms with Crippen molar-refractivity contribution in [2.45, 2.75) is 25.9 Å². The first-order valence-corrected chi connectivity index (χ1v) is 4.67. The normalized spacial score (nSPS) is 11.7. The molecule has 0 radical (unpaired) electrons. The Labute approximate surface area is 84.5 Å². The minimum absolute atomic E-state index is 0.495. The Morgan fingerprint density at radius 3 is 2.71 bits per heavy atom. The van der Waals surface area contributed by atoms with Gasteiger partial charge in [-0.15, -0.1) is 0 Å². The van der Waals surface area contributed by atoms with Crippen LogP contribution in [0.1, 0.15) is 25.0 Å². The molecule has 0 bridgehead atoms. The van der Waals surface area contributed by atoms with Crippen molar-refractivity contribution in [1.82, 2.24) is 0 Å². The fourth-order valence-electron chi connectivity index (χ4n) is 1.28. The molecule has 1 aromatic rings. The third-order valence-electron chi connectivity index (χ3n) is 2.14. The van der Waals surface area contributed by atoms with E-state index in [1.807, 2.05) is 24.3 Å². The van der Waals surface area contributed by atoms with Crippen LogP contribution in [0.15, 0.2) is 24.3 Å². The first-order valence-electron chi connectivity index (χ1n) is 4.67. The summed E-state index contributed by atoms with van der Waals surface area (Å²) < 4.78 is 0. The molecule has 0 saturated carbocycles. The molecule has 3 heteroatoms. The van der Waals surface area contributed by atoms with Gasteiger partial charge in [0, 0.05) is 0 Å². The second-order valence-corrected chi connectivity index (χ2v) is 3.88. The van der Waals surface area contributed by atoms with Gasteiger partial charge in [-0.2, -0.15) is 0 Å². The van der Waals surface area contributed by atoms with Crippen molar-refractivity contribution in [3.8, 4) is 0 Å². The smallest absolute Gasteiger partial charge is 0.0840 e. The highest BCUT2D eigenvalue weighted by Gasteiger charge is 2.15. The van der Waals surface area contributed by atoms with Crippen LogP contribution in [0, 0.1) is 0 Å². The zero-order chi connectivity index (χ0) is 10.6. The summed E-state index contributed by atoms with van der Waals surface area (Å²) in [5.74, 6) is 4.95. The van der Waals surface area contributed by atoms with Crippen LogP contribution < -0.4 is 5.90 Å². The molecule has 0 aliphatic heterocycles. The lowest BCUT2D eigenvalue weighted by molar-refractivity contribution is 0.0784. The molecule has 0 unspecified atom stereocenters. The van der Waals surface area contributed by atoms with Crippen molar-refractivity contribution in [3.05, 3.63) is 35.4 Å². The first-order chi connectivity index (χ1) is 6.54. The van der Waals surface area contributed by atoms with Crippen molar-refractivity contribution in [2.24, 2.45) is 5.90 Å². The highest BCUT2D eigenvalue weighted by molar-refractivity contribution is 5.27. The molecule has 0 heterocycles. The van der Waals surface area contributed by atoms with E-state index in [0.29, 0.717) is 6.61 Å².